The molecule has 2 heterocycles. The van der Waals surface area contributed by atoms with Gasteiger partial charge in [-0.3, -0.25) is 0 Å². The highest BCUT2D eigenvalue weighted by Crippen LogP contribution is 2.28. The Kier molecular flexibility index (Phi) is 5.59. The highest BCUT2D eigenvalue weighted by Gasteiger charge is 2.11. The molecule has 6 heteroatoms. The first-order valence-electron chi connectivity index (χ1n) is 8.09. The smallest absolute Gasteiger partial charge is 0.143 e. The number of nitrogens with one attached hydrogen (secondary N) is 1. The van der Waals surface area contributed by atoms with Gasteiger partial charge in [-0.1, -0.05) is 12.1 Å². The Morgan fingerprint density at radius 2 is 2.12 bits per heavy atom. The summed E-state index contributed by atoms with van der Waals surface area (Å²) in [5, 5.41) is 0. The summed E-state index contributed by atoms with van der Waals surface area (Å²) in [7, 11) is 0. The maximum absolute atomic E-state index is 5.73. The molecule has 3 rings (SSSR count). The molecule has 0 aliphatic heterocycles. The van der Waals surface area contributed by atoms with Crippen LogP contribution < -0.4 is 4.74 Å². The van der Waals surface area contributed by atoms with Crippen LogP contribution in [0.2, 0.25) is 0 Å². The number of aryl methyl sites for hydroxylation is 2. The molecule has 0 bridgehead atoms. The quantitative estimate of drug-likeness (QED) is 0.631. The van der Waals surface area contributed by atoms with E-state index < -0.39 is 0 Å². The van der Waals surface area contributed by atoms with Gasteiger partial charge in [0.25, 0.3) is 0 Å². The molecule has 0 aliphatic rings. The maximum atomic E-state index is 5.73. The van der Waals surface area contributed by atoms with Crippen LogP contribution in [0.4, 0.5) is 0 Å². The van der Waals surface area contributed by atoms with Crippen molar-refractivity contribution < 1.29 is 4.74 Å². The molecule has 5 nitrogen and oxygen atoms in total. The van der Waals surface area contributed by atoms with Crippen LogP contribution >= 0.6 is 11.8 Å². The lowest BCUT2D eigenvalue weighted by atomic mass is 10.2. The number of ether oxygens (including phenoxy) is 1. The normalized spacial score (nSPS) is 10.9. The van der Waals surface area contributed by atoms with Crippen LogP contribution in [0.5, 0.6) is 5.75 Å². The molecule has 3 aromatic rings. The van der Waals surface area contributed by atoms with Crippen molar-refractivity contribution in [3.05, 3.63) is 54.4 Å². The Balaban J connectivity index is 1.64. The Labute approximate surface area is 146 Å². The van der Waals surface area contributed by atoms with Crippen LogP contribution in [0.25, 0.3) is 11.4 Å². The van der Waals surface area contributed by atoms with Gasteiger partial charge in [0.1, 0.15) is 11.6 Å². The van der Waals surface area contributed by atoms with E-state index in [1.807, 2.05) is 49.3 Å². The predicted octanol–water partition coefficient (Wildman–Crippen LogP) is 3.91. The number of H-pyrrole nitrogens is 1. The highest BCUT2D eigenvalue weighted by atomic mass is 32.2. The highest BCUT2D eigenvalue weighted by molar-refractivity contribution is 7.98. The predicted molar refractivity (Wildman–Crippen MR) is 98.3 cm³/mol. The molecule has 1 N–H and O–H groups in total. The number of aromatic amines is 1. The molecule has 0 saturated carbocycles. The number of benzene rings is 1. The molecule has 1 aromatic carbocycles. The van der Waals surface area contributed by atoms with Gasteiger partial charge in [0, 0.05) is 36.1 Å². The van der Waals surface area contributed by atoms with Crippen molar-refractivity contribution in [3.8, 4) is 17.1 Å². The molecule has 24 heavy (non-hydrogen) atoms. The summed E-state index contributed by atoms with van der Waals surface area (Å²) in [6, 6.07) is 8.06. The van der Waals surface area contributed by atoms with E-state index in [1.165, 1.54) is 0 Å². The molecule has 2 aromatic heterocycles. The molecule has 0 aliphatic carbocycles. The third-order valence-corrected chi connectivity index (χ3v) is 4.74. The van der Waals surface area contributed by atoms with Crippen molar-refractivity contribution >= 4 is 11.8 Å². The van der Waals surface area contributed by atoms with Crippen LogP contribution in [0.1, 0.15) is 18.3 Å². The first-order valence-corrected chi connectivity index (χ1v) is 9.25. The van der Waals surface area contributed by atoms with Crippen molar-refractivity contribution in [3.63, 3.8) is 0 Å². The molecular formula is C18H22N4OS. The van der Waals surface area contributed by atoms with Gasteiger partial charge >= 0.3 is 0 Å². The van der Waals surface area contributed by atoms with E-state index in [-0.39, 0.29) is 0 Å². The standard InChI is InChI=1S/C18H22N4OS/c1-3-23-17-7-5-4-6-15(17)18-19-8-9-22(18)10-11-24-12-16-14(2)20-13-21-16/h4-9,13H,3,10-12H2,1-2H3,(H,20,21). The fourth-order valence-electron chi connectivity index (χ4n) is 2.53. The monoisotopic (exact) mass is 342 g/mol. The van der Waals surface area contributed by atoms with Gasteiger partial charge in [-0.05, 0) is 26.0 Å². The van der Waals surface area contributed by atoms with Gasteiger partial charge in [-0.15, -0.1) is 0 Å². The van der Waals surface area contributed by atoms with Crippen molar-refractivity contribution in [2.75, 3.05) is 12.4 Å². The van der Waals surface area contributed by atoms with E-state index in [0.29, 0.717) is 6.61 Å². The second-order valence-corrected chi connectivity index (χ2v) is 6.51. The lowest BCUT2D eigenvalue weighted by Gasteiger charge is -2.12. The van der Waals surface area contributed by atoms with Crippen LogP contribution in [0.15, 0.2) is 43.0 Å². The average molecular weight is 342 g/mol. The van der Waals surface area contributed by atoms with E-state index in [4.69, 9.17) is 4.74 Å². The molecule has 0 radical (unpaired) electrons. The number of imidazole rings is 2. The molecule has 0 amide bonds. The zero-order valence-electron chi connectivity index (χ0n) is 14.0. The van der Waals surface area contributed by atoms with E-state index in [9.17, 15) is 0 Å². The molecule has 126 valence electrons. The zero-order valence-corrected chi connectivity index (χ0v) is 14.8. The van der Waals surface area contributed by atoms with E-state index in [0.717, 1.165) is 46.6 Å². The number of thioether (sulfide) groups is 1. The number of nitrogens with zero attached hydrogens (tertiary/aromatic N) is 3. The number of hydrogen-bond donors (Lipinski definition) is 1. The Morgan fingerprint density at radius 1 is 1.25 bits per heavy atom. The number of para-hydroxylation sites is 1. The van der Waals surface area contributed by atoms with Gasteiger partial charge in [-0.2, -0.15) is 11.8 Å². The van der Waals surface area contributed by atoms with Crippen molar-refractivity contribution in [1.29, 1.82) is 0 Å². The lowest BCUT2D eigenvalue weighted by molar-refractivity contribution is 0.341. The van der Waals surface area contributed by atoms with Crippen molar-refractivity contribution in [2.24, 2.45) is 0 Å². The Hall–Kier alpha value is -2.21. The number of rotatable bonds is 8. The van der Waals surface area contributed by atoms with Crippen LogP contribution in [-0.4, -0.2) is 31.9 Å². The third kappa shape index (κ3) is 3.82. The molecule has 0 spiro atoms. The number of hydrogen-bond acceptors (Lipinski definition) is 4. The van der Waals surface area contributed by atoms with Crippen molar-refractivity contribution in [1.82, 2.24) is 19.5 Å². The Morgan fingerprint density at radius 3 is 2.92 bits per heavy atom. The van der Waals surface area contributed by atoms with Crippen LogP contribution in [0, 0.1) is 6.92 Å². The van der Waals surface area contributed by atoms with Crippen LogP contribution in [0.3, 0.4) is 0 Å². The third-order valence-electron chi connectivity index (χ3n) is 3.79. The van der Waals surface area contributed by atoms with Gasteiger partial charge in [-0.25, -0.2) is 9.97 Å². The fourth-order valence-corrected chi connectivity index (χ4v) is 3.49. The first-order chi connectivity index (χ1) is 11.8. The summed E-state index contributed by atoms with van der Waals surface area (Å²) in [4.78, 5) is 12.0. The molecule has 0 saturated heterocycles. The average Bonchev–Trinajstić information content (AvgIpc) is 3.21. The lowest BCUT2D eigenvalue weighted by Crippen LogP contribution is -2.04. The van der Waals surface area contributed by atoms with Gasteiger partial charge in [0.15, 0.2) is 0 Å². The molecule has 0 atom stereocenters. The maximum Gasteiger partial charge on any atom is 0.143 e. The zero-order chi connectivity index (χ0) is 16.8. The SMILES string of the molecule is CCOc1ccccc1-c1nccn1CCSCc1nc[nH]c1C. The summed E-state index contributed by atoms with van der Waals surface area (Å²) in [5.74, 6) is 3.77. The van der Waals surface area contributed by atoms with E-state index >= 15 is 0 Å². The summed E-state index contributed by atoms with van der Waals surface area (Å²) in [6.45, 7) is 5.61. The Bertz CT molecular complexity index is 781. The van der Waals surface area contributed by atoms with Crippen molar-refractivity contribution in [2.45, 2.75) is 26.1 Å². The molecule has 0 fully saturated rings. The minimum absolute atomic E-state index is 0.649. The topological polar surface area (TPSA) is 55.7 Å². The second kappa shape index (κ2) is 8.06. The van der Waals surface area contributed by atoms with Gasteiger partial charge < -0.3 is 14.3 Å². The summed E-state index contributed by atoms with van der Waals surface area (Å²) < 4.78 is 7.92. The summed E-state index contributed by atoms with van der Waals surface area (Å²) >= 11 is 1.88. The summed E-state index contributed by atoms with van der Waals surface area (Å²) in [6.07, 6.45) is 5.63. The minimum Gasteiger partial charge on any atom is -0.493 e. The van der Waals surface area contributed by atoms with E-state index in [1.54, 1.807) is 6.33 Å². The largest absolute Gasteiger partial charge is 0.493 e. The van der Waals surface area contributed by atoms with Crippen LogP contribution in [-0.2, 0) is 12.3 Å². The molecule has 0 unspecified atom stereocenters. The molecular weight excluding hydrogens is 320 g/mol. The first kappa shape index (κ1) is 16.6. The number of aromatic nitrogens is 4. The van der Waals surface area contributed by atoms with E-state index in [2.05, 4.69) is 32.5 Å². The summed E-state index contributed by atoms with van der Waals surface area (Å²) in [5.41, 5.74) is 3.32. The van der Waals surface area contributed by atoms with Gasteiger partial charge in [0.05, 0.1) is 24.2 Å². The minimum atomic E-state index is 0.649. The fraction of sp³-hybridized carbons (Fsp3) is 0.333. The van der Waals surface area contributed by atoms with Gasteiger partial charge in [0.2, 0.25) is 0 Å². The second-order valence-electron chi connectivity index (χ2n) is 5.40.